The third kappa shape index (κ3) is 5.75. The van der Waals surface area contributed by atoms with Gasteiger partial charge in [0.2, 0.25) is 0 Å². The van der Waals surface area contributed by atoms with Crippen molar-refractivity contribution in [1.82, 2.24) is 19.1 Å². The van der Waals surface area contributed by atoms with Crippen LogP contribution in [-0.2, 0) is 5.41 Å². The highest BCUT2D eigenvalue weighted by atomic mass is 15.0. The maximum Gasteiger partial charge on any atom is 0.160 e. The van der Waals surface area contributed by atoms with Crippen molar-refractivity contribution in [2.45, 2.75) is 26.2 Å². The maximum atomic E-state index is 5.35. The Labute approximate surface area is 360 Å². The van der Waals surface area contributed by atoms with Gasteiger partial charge in [-0.15, -0.1) is 0 Å². The molecule has 0 aliphatic carbocycles. The summed E-state index contributed by atoms with van der Waals surface area (Å²) in [6, 6.07) is 72.5. The van der Waals surface area contributed by atoms with Gasteiger partial charge >= 0.3 is 0 Å². The molecule has 0 radical (unpaired) electrons. The van der Waals surface area contributed by atoms with Crippen LogP contribution in [0.2, 0.25) is 0 Å². The van der Waals surface area contributed by atoms with Crippen molar-refractivity contribution < 1.29 is 0 Å². The molecule has 0 fully saturated rings. The molecule has 12 aromatic rings. The van der Waals surface area contributed by atoms with Crippen LogP contribution in [0, 0.1) is 0 Å². The fourth-order valence-corrected chi connectivity index (χ4v) is 9.54. The molecule has 0 amide bonds. The lowest BCUT2D eigenvalue weighted by molar-refractivity contribution is 0.590. The van der Waals surface area contributed by atoms with Crippen LogP contribution in [0.4, 0.5) is 0 Å². The first-order valence-electron chi connectivity index (χ1n) is 21.4. The van der Waals surface area contributed by atoms with E-state index in [1.54, 1.807) is 0 Å². The first-order chi connectivity index (χ1) is 30.4. The highest BCUT2D eigenvalue weighted by Crippen LogP contribution is 2.40. The molecule has 0 atom stereocenters. The van der Waals surface area contributed by atoms with Crippen LogP contribution in [0.5, 0.6) is 0 Å². The molecule has 0 saturated heterocycles. The van der Waals surface area contributed by atoms with Gasteiger partial charge in [-0.1, -0.05) is 154 Å². The Balaban J connectivity index is 1.00. The molecular weight excluding hydrogens is 753 g/mol. The van der Waals surface area contributed by atoms with Crippen LogP contribution < -0.4 is 0 Å². The fourth-order valence-electron chi connectivity index (χ4n) is 9.54. The zero-order valence-corrected chi connectivity index (χ0v) is 34.8. The summed E-state index contributed by atoms with van der Waals surface area (Å²) in [5.41, 5.74) is 14.6. The Morgan fingerprint density at radius 1 is 0.355 bits per heavy atom. The lowest BCUT2D eigenvalue weighted by Gasteiger charge is -2.20. The highest BCUT2D eigenvalue weighted by Gasteiger charge is 2.20. The predicted molar refractivity (Wildman–Crippen MR) is 261 cm³/mol. The van der Waals surface area contributed by atoms with Crippen molar-refractivity contribution in [3.8, 4) is 45.1 Å². The van der Waals surface area contributed by atoms with Crippen LogP contribution in [-0.4, -0.2) is 19.1 Å². The van der Waals surface area contributed by atoms with Crippen molar-refractivity contribution in [2.75, 3.05) is 0 Å². The molecular formula is C58H42N4. The van der Waals surface area contributed by atoms with E-state index in [0.29, 0.717) is 0 Å². The molecule has 0 unspecified atom stereocenters. The predicted octanol–water partition coefficient (Wildman–Crippen LogP) is 15.3. The fraction of sp³-hybridized carbons (Fsp3) is 0.0690. The molecule has 4 nitrogen and oxygen atoms in total. The maximum absolute atomic E-state index is 5.35. The zero-order chi connectivity index (χ0) is 41.5. The Morgan fingerprint density at radius 2 is 0.935 bits per heavy atom. The first kappa shape index (κ1) is 36.1. The minimum absolute atomic E-state index is 0.00359. The molecule has 62 heavy (non-hydrogen) atoms. The third-order valence-corrected chi connectivity index (χ3v) is 12.7. The van der Waals surface area contributed by atoms with Gasteiger partial charge in [0, 0.05) is 54.8 Å². The van der Waals surface area contributed by atoms with E-state index in [-0.39, 0.29) is 5.41 Å². The van der Waals surface area contributed by atoms with E-state index in [9.17, 15) is 0 Å². The lowest BCUT2D eigenvalue weighted by atomic mass is 9.86. The number of nitrogens with zero attached hydrogens (tertiary/aromatic N) is 4. The van der Waals surface area contributed by atoms with E-state index >= 15 is 0 Å². The highest BCUT2D eigenvalue weighted by molar-refractivity contribution is 6.13. The Bertz CT molecular complexity index is 3720. The average molecular weight is 795 g/mol. The van der Waals surface area contributed by atoms with Gasteiger partial charge in [0.1, 0.15) is 0 Å². The quantitative estimate of drug-likeness (QED) is 0.163. The summed E-state index contributed by atoms with van der Waals surface area (Å²) in [4.78, 5) is 10.6. The summed E-state index contributed by atoms with van der Waals surface area (Å²) >= 11 is 0. The van der Waals surface area contributed by atoms with Crippen LogP contribution in [0.1, 0.15) is 26.3 Å². The molecule has 3 heterocycles. The minimum Gasteiger partial charge on any atom is -0.309 e. The molecule has 0 N–H and O–H groups in total. The number of para-hydroxylation sites is 3. The normalized spacial score (nSPS) is 12.1. The summed E-state index contributed by atoms with van der Waals surface area (Å²) in [6.07, 6.45) is 0. The van der Waals surface area contributed by atoms with Crippen LogP contribution in [0.3, 0.4) is 0 Å². The second-order valence-corrected chi connectivity index (χ2v) is 17.5. The third-order valence-electron chi connectivity index (χ3n) is 12.7. The molecule has 294 valence electrons. The summed E-state index contributed by atoms with van der Waals surface area (Å²) in [6.45, 7) is 6.74. The van der Waals surface area contributed by atoms with E-state index in [0.717, 1.165) is 50.3 Å². The Kier molecular flexibility index (Phi) is 8.07. The van der Waals surface area contributed by atoms with Gasteiger partial charge in [0.25, 0.3) is 0 Å². The number of hydrogen-bond acceptors (Lipinski definition) is 2. The van der Waals surface area contributed by atoms with Crippen molar-refractivity contribution in [2.24, 2.45) is 0 Å². The van der Waals surface area contributed by atoms with Crippen LogP contribution in [0.15, 0.2) is 200 Å². The van der Waals surface area contributed by atoms with Gasteiger partial charge in [-0.05, 0) is 94.2 Å². The van der Waals surface area contributed by atoms with Crippen molar-refractivity contribution >= 4 is 65.3 Å². The Hall–Kier alpha value is -7.82. The summed E-state index contributed by atoms with van der Waals surface area (Å²) in [5, 5.41) is 8.28. The number of aromatic nitrogens is 4. The number of benzene rings is 9. The van der Waals surface area contributed by atoms with Crippen molar-refractivity contribution in [3.63, 3.8) is 0 Å². The lowest BCUT2D eigenvalue weighted by Crippen LogP contribution is -2.11. The van der Waals surface area contributed by atoms with Crippen molar-refractivity contribution in [1.29, 1.82) is 0 Å². The molecule has 4 heteroatoms. The summed E-state index contributed by atoms with van der Waals surface area (Å²) in [7, 11) is 0. The van der Waals surface area contributed by atoms with Gasteiger partial charge in [-0.3, -0.25) is 0 Å². The van der Waals surface area contributed by atoms with E-state index in [1.165, 1.54) is 65.7 Å². The molecule has 3 aromatic heterocycles. The second kappa shape index (κ2) is 13.9. The van der Waals surface area contributed by atoms with Gasteiger partial charge in [-0.25, -0.2) is 9.97 Å². The second-order valence-electron chi connectivity index (χ2n) is 17.5. The summed E-state index contributed by atoms with van der Waals surface area (Å²) < 4.78 is 4.78. The SMILES string of the molecule is CC(C)(C)c1cccc(-c2nc(-c3ccc(-n4c5ccccc5c5ccc(-c6ccc7c(c6)c6ccccc6n7-c6ccccc6)cc54)cc3)c3ccc4ccccc4c3n2)c1. The van der Waals surface area contributed by atoms with E-state index < -0.39 is 0 Å². The van der Waals surface area contributed by atoms with Gasteiger partial charge in [0.05, 0.1) is 33.3 Å². The first-order valence-corrected chi connectivity index (χ1v) is 21.4. The molecule has 0 spiro atoms. The van der Waals surface area contributed by atoms with Gasteiger partial charge < -0.3 is 9.13 Å². The minimum atomic E-state index is 0.00359. The zero-order valence-electron chi connectivity index (χ0n) is 34.8. The number of rotatable bonds is 5. The average Bonchev–Trinajstić information content (AvgIpc) is 3.83. The number of hydrogen-bond donors (Lipinski definition) is 0. The number of fused-ring (bicyclic) bond motifs is 9. The monoisotopic (exact) mass is 794 g/mol. The topological polar surface area (TPSA) is 35.6 Å². The molecule has 9 aromatic carbocycles. The molecule has 0 aliphatic heterocycles. The van der Waals surface area contributed by atoms with E-state index in [2.05, 4.69) is 230 Å². The van der Waals surface area contributed by atoms with Crippen molar-refractivity contribution in [3.05, 3.63) is 206 Å². The molecule has 0 bridgehead atoms. The molecule has 12 rings (SSSR count). The van der Waals surface area contributed by atoms with Crippen LogP contribution in [0.25, 0.3) is 110 Å². The van der Waals surface area contributed by atoms with Gasteiger partial charge in [0.15, 0.2) is 5.82 Å². The molecule has 0 saturated carbocycles. The van der Waals surface area contributed by atoms with E-state index in [4.69, 9.17) is 9.97 Å². The molecule has 0 aliphatic rings. The van der Waals surface area contributed by atoms with Gasteiger partial charge in [-0.2, -0.15) is 0 Å². The smallest absolute Gasteiger partial charge is 0.160 e. The largest absolute Gasteiger partial charge is 0.309 e. The van der Waals surface area contributed by atoms with E-state index in [1.807, 2.05) is 0 Å². The standard InChI is InChI=1S/C58H42N4/c1-58(2,3)42-16-13-15-41(34-42)57-59-55(49-32-26-37-14-7-8-19-45(37)56(49)60-57)38-24-29-44(30-25-38)62-51-22-11-9-20-46(51)48-31-27-40(36-54(48)62)39-28-33-53-50(35-39)47-21-10-12-23-52(47)61(53)43-17-5-4-6-18-43/h4-36H,1-3H3. The summed E-state index contributed by atoms with van der Waals surface area (Å²) in [5.74, 6) is 0.733. The Morgan fingerprint density at radius 3 is 1.71 bits per heavy atom. The van der Waals surface area contributed by atoms with Crippen LogP contribution >= 0.6 is 0 Å².